The summed E-state index contributed by atoms with van der Waals surface area (Å²) in [6.45, 7) is 2.27. The summed E-state index contributed by atoms with van der Waals surface area (Å²) in [4.78, 5) is 3.80. The Labute approximate surface area is 122 Å². The van der Waals surface area contributed by atoms with Crippen molar-refractivity contribution in [3.8, 4) is 5.75 Å². The Kier molecular flexibility index (Phi) is 4.46. The minimum Gasteiger partial charge on any atom is -0.492 e. The molecule has 0 atom stereocenters. The lowest BCUT2D eigenvalue weighted by Crippen LogP contribution is -2.14. The van der Waals surface area contributed by atoms with Crippen molar-refractivity contribution in [3.63, 3.8) is 0 Å². The van der Waals surface area contributed by atoms with Crippen LogP contribution >= 0.6 is 11.6 Å². The van der Waals surface area contributed by atoms with E-state index in [0.29, 0.717) is 18.0 Å². The van der Waals surface area contributed by atoms with Gasteiger partial charge in [0.15, 0.2) is 0 Å². The van der Waals surface area contributed by atoms with Crippen molar-refractivity contribution >= 4 is 27.3 Å². The van der Waals surface area contributed by atoms with Gasteiger partial charge in [0.25, 0.3) is 10.0 Å². The number of pyridine rings is 1. The zero-order valence-corrected chi connectivity index (χ0v) is 12.3. The molecule has 0 aliphatic rings. The van der Waals surface area contributed by atoms with E-state index < -0.39 is 10.0 Å². The van der Waals surface area contributed by atoms with Crippen LogP contribution in [0.3, 0.4) is 0 Å². The third-order valence-electron chi connectivity index (χ3n) is 2.44. The van der Waals surface area contributed by atoms with Crippen molar-refractivity contribution in [1.82, 2.24) is 4.98 Å². The molecule has 1 N–H and O–H groups in total. The van der Waals surface area contributed by atoms with Crippen LogP contribution in [-0.4, -0.2) is 20.0 Å². The highest BCUT2D eigenvalue weighted by molar-refractivity contribution is 7.92. The Morgan fingerprint density at radius 1 is 1.30 bits per heavy atom. The molecule has 1 aromatic heterocycles. The Balaban J connectivity index is 2.34. The summed E-state index contributed by atoms with van der Waals surface area (Å²) in [6.07, 6.45) is 1.34. The maximum Gasteiger partial charge on any atom is 0.262 e. The average molecular weight is 313 g/mol. The molecular weight excluding hydrogens is 300 g/mol. The van der Waals surface area contributed by atoms with E-state index in [-0.39, 0.29) is 10.0 Å². The smallest absolute Gasteiger partial charge is 0.262 e. The molecule has 2 rings (SSSR count). The molecule has 0 unspecified atom stereocenters. The summed E-state index contributed by atoms with van der Waals surface area (Å²) >= 11 is 5.71. The summed E-state index contributed by atoms with van der Waals surface area (Å²) in [5.41, 5.74) is 0.377. The molecule has 0 aliphatic carbocycles. The van der Waals surface area contributed by atoms with E-state index in [9.17, 15) is 8.42 Å². The van der Waals surface area contributed by atoms with Crippen molar-refractivity contribution in [2.24, 2.45) is 0 Å². The Bertz CT molecular complexity index is 704. The van der Waals surface area contributed by atoms with E-state index in [1.165, 1.54) is 18.3 Å². The molecule has 7 heteroatoms. The number of nitrogens with one attached hydrogen (secondary N) is 1. The van der Waals surface area contributed by atoms with Crippen LogP contribution in [0.1, 0.15) is 6.92 Å². The molecule has 0 spiro atoms. The molecule has 2 aromatic rings. The second kappa shape index (κ2) is 6.11. The first-order chi connectivity index (χ1) is 9.53. The molecule has 0 bridgehead atoms. The molecule has 0 saturated carbocycles. The maximum atomic E-state index is 12.3. The summed E-state index contributed by atoms with van der Waals surface area (Å²) in [5, 5.41) is 0.117. The highest BCUT2D eigenvalue weighted by Gasteiger charge is 2.16. The van der Waals surface area contributed by atoms with Crippen molar-refractivity contribution in [2.45, 2.75) is 11.8 Å². The predicted octanol–water partition coefficient (Wildman–Crippen LogP) is 2.93. The van der Waals surface area contributed by atoms with Crippen LogP contribution in [-0.2, 0) is 10.0 Å². The quantitative estimate of drug-likeness (QED) is 0.862. The van der Waals surface area contributed by atoms with Gasteiger partial charge in [0.2, 0.25) is 0 Å². The molecule has 0 aliphatic heterocycles. The number of rotatable bonds is 5. The first kappa shape index (κ1) is 14.6. The van der Waals surface area contributed by atoms with Gasteiger partial charge in [-0.2, -0.15) is 0 Å². The average Bonchev–Trinajstić information content (AvgIpc) is 2.41. The number of nitrogens with zero attached hydrogens (tertiary/aromatic N) is 1. The Morgan fingerprint density at radius 2 is 2.05 bits per heavy atom. The van der Waals surface area contributed by atoms with Gasteiger partial charge in [-0.1, -0.05) is 23.7 Å². The second-order valence-corrected chi connectivity index (χ2v) is 5.92. The lowest BCUT2D eigenvalue weighted by atomic mass is 10.3. The predicted molar refractivity (Wildman–Crippen MR) is 77.7 cm³/mol. The number of aromatic nitrogens is 1. The maximum absolute atomic E-state index is 12.3. The minimum absolute atomic E-state index is 0.0452. The zero-order valence-electron chi connectivity index (χ0n) is 10.7. The number of sulfonamides is 1. The van der Waals surface area contributed by atoms with Crippen molar-refractivity contribution < 1.29 is 13.2 Å². The van der Waals surface area contributed by atoms with Gasteiger partial charge in [0.05, 0.1) is 17.2 Å². The van der Waals surface area contributed by atoms with Gasteiger partial charge >= 0.3 is 0 Å². The van der Waals surface area contributed by atoms with Crippen LogP contribution < -0.4 is 9.46 Å². The van der Waals surface area contributed by atoms with Gasteiger partial charge in [0.1, 0.15) is 10.9 Å². The highest BCUT2D eigenvalue weighted by atomic mass is 35.5. The van der Waals surface area contributed by atoms with Crippen molar-refractivity contribution in [2.75, 3.05) is 11.3 Å². The number of anilines is 1. The van der Waals surface area contributed by atoms with E-state index in [4.69, 9.17) is 16.3 Å². The standard InChI is InChI=1S/C13H13ClN2O3S/c1-2-19-12-6-4-3-5-11(12)16-20(17,18)10-7-8-15-13(14)9-10/h3-9,16H,2H2,1H3. The van der Waals surface area contributed by atoms with Gasteiger partial charge in [0, 0.05) is 6.20 Å². The van der Waals surface area contributed by atoms with Gasteiger partial charge in [-0.15, -0.1) is 0 Å². The molecular formula is C13H13ClN2O3S. The molecule has 1 aromatic carbocycles. The number of hydrogen-bond acceptors (Lipinski definition) is 4. The van der Waals surface area contributed by atoms with Gasteiger partial charge in [-0.05, 0) is 31.2 Å². The van der Waals surface area contributed by atoms with E-state index in [0.717, 1.165) is 0 Å². The highest BCUT2D eigenvalue weighted by Crippen LogP contribution is 2.26. The fourth-order valence-corrected chi connectivity index (χ4v) is 2.91. The zero-order chi connectivity index (χ0) is 14.6. The number of benzene rings is 1. The van der Waals surface area contributed by atoms with E-state index in [1.54, 1.807) is 24.3 Å². The third kappa shape index (κ3) is 3.40. The van der Waals surface area contributed by atoms with Crippen LogP contribution in [0.5, 0.6) is 5.75 Å². The summed E-state index contributed by atoms with van der Waals surface area (Å²) in [6, 6.07) is 9.48. The fourth-order valence-electron chi connectivity index (χ4n) is 1.59. The molecule has 5 nitrogen and oxygen atoms in total. The van der Waals surface area contributed by atoms with Crippen LogP contribution in [0, 0.1) is 0 Å². The van der Waals surface area contributed by atoms with Crippen LogP contribution in [0.25, 0.3) is 0 Å². The van der Waals surface area contributed by atoms with E-state index >= 15 is 0 Å². The molecule has 0 saturated heterocycles. The van der Waals surface area contributed by atoms with E-state index in [1.807, 2.05) is 6.92 Å². The molecule has 20 heavy (non-hydrogen) atoms. The lowest BCUT2D eigenvalue weighted by molar-refractivity contribution is 0.342. The molecule has 0 fully saturated rings. The largest absolute Gasteiger partial charge is 0.492 e. The van der Waals surface area contributed by atoms with Crippen LogP contribution in [0.4, 0.5) is 5.69 Å². The first-order valence-electron chi connectivity index (χ1n) is 5.89. The van der Waals surface area contributed by atoms with Gasteiger partial charge in [-0.3, -0.25) is 4.72 Å². The van der Waals surface area contributed by atoms with Gasteiger partial charge < -0.3 is 4.74 Å². The third-order valence-corrected chi connectivity index (χ3v) is 4.01. The molecule has 0 amide bonds. The topological polar surface area (TPSA) is 68.3 Å². The number of para-hydroxylation sites is 2. The van der Waals surface area contributed by atoms with E-state index in [2.05, 4.69) is 9.71 Å². The summed E-state index contributed by atoms with van der Waals surface area (Å²) in [5.74, 6) is 0.471. The second-order valence-electron chi connectivity index (χ2n) is 3.85. The number of halogens is 1. The van der Waals surface area contributed by atoms with Crippen LogP contribution in [0.2, 0.25) is 5.15 Å². The van der Waals surface area contributed by atoms with Crippen molar-refractivity contribution in [1.29, 1.82) is 0 Å². The molecule has 1 heterocycles. The summed E-state index contributed by atoms with van der Waals surface area (Å²) in [7, 11) is -3.73. The lowest BCUT2D eigenvalue weighted by Gasteiger charge is -2.12. The normalized spacial score (nSPS) is 11.1. The first-order valence-corrected chi connectivity index (χ1v) is 7.75. The minimum atomic E-state index is -3.73. The summed E-state index contributed by atoms with van der Waals surface area (Å²) < 4.78 is 32.4. The number of hydrogen-bond donors (Lipinski definition) is 1. The molecule has 106 valence electrons. The Morgan fingerprint density at radius 3 is 2.75 bits per heavy atom. The molecule has 0 radical (unpaired) electrons. The fraction of sp³-hybridized carbons (Fsp3) is 0.154. The van der Waals surface area contributed by atoms with Crippen molar-refractivity contribution in [3.05, 3.63) is 47.7 Å². The van der Waals surface area contributed by atoms with Crippen LogP contribution in [0.15, 0.2) is 47.5 Å². The monoisotopic (exact) mass is 312 g/mol. The number of ether oxygens (including phenoxy) is 1. The SMILES string of the molecule is CCOc1ccccc1NS(=O)(=O)c1ccnc(Cl)c1. The van der Waals surface area contributed by atoms with Gasteiger partial charge in [-0.25, -0.2) is 13.4 Å². The Hall–Kier alpha value is -1.79.